The van der Waals surface area contributed by atoms with Crippen LogP contribution in [0.2, 0.25) is 0 Å². The van der Waals surface area contributed by atoms with Gasteiger partial charge in [0.15, 0.2) is 11.9 Å². The van der Waals surface area contributed by atoms with Gasteiger partial charge < -0.3 is 39.6 Å². The number of pyridine rings is 1. The molecule has 0 amide bonds. The average Bonchev–Trinajstić information content (AvgIpc) is 3.63. The van der Waals surface area contributed by atoms with Crippen molar-refractivity contribution in [3.05, 3.63) is 51.7 Å². The Morgan fingerprint density at radius 3 is 2.79 bits per heavy atom. The van der Waals surface area contributed by atoms with Crippen molar-refractivity contribution < 1.29 is 38.4 Å². The number of aliphatic hydroxyl groups is 2. The second kappa shape index (κ2) is 12.7. The van der Waals surface area contributed by atoms with E-state index < -0.39 is 67.6 Å². The molecule has 42 heavy (non-hydrogen) atoms. The number of nitrogens with zero attached hydrogens (tertiary/aromatic N) is 4. The molecule has 0 bridgehead atoms. The van der Waals surface area contributed by atoms with Crippen LogP contribution in [0.4, 0.5) is 5.69 Å². The summed E-state index contributed by atoms with van der Waals surface area (Å²) in [5.41, 5.74) is 5.98. The molecule has 18 heteroatoms. The van der Waals surface area contributed by atoms with Crippen LogP contribution in [0.1, 0.15) is 25.8 Å². The van der Waals surface area contributed by atoms with Gasteiger partial charge in [-0.05, 0) is 24.8 Å². The van der Waals surface area contributed by atoms with Gasteiger partial charge >= 0.3 is 12.4 Å². The number of aromatic nitrogens is 5. The normalized spacial score (nSPS) is 28.9. The average molecular weight is 625 g/mol. The highest BCUT2D eigenvalue weighted by atomic mass is 32.5. The number of anilines is 1. The van der Waals surface area contributed by atoms with Crippen LogP contribution in [0, 0.1) is 11.8 Å². The lowest BCUT2D eigenvalue weighted by molar-refractivity contribution is -0.0678. The summed E-state index contributed by atoms with van der Waals surface area (Å²) in [6.45, 7) is -3.48. The van der Waals surface area contributed by atoms with Crippen molar-refractivity contribution in [1.82, 2.24) is 24.1 Å². The molecule has 3 aromatic heterocycles. The fraction of sp³-hybridized carbons (Fsp3) is 0.500. The van der Waals surface area contributed by atoms with E-state index in [-0.39, 0.29) is 19.6 Å². The quantitative estimate of drug-likeness (QED) is 0.137. The Kier molecular flexibility index (Phi) is 9.20. The molecular formula is C24H29N6O10PS. The van der Waals surface area contributed by atoms with Crippen molar-refractivity contribution in [2.45, 2.75) is 56.3 Å². The number of nitrogens with one attached hydrogen (secondary N) is 1. The molecule has 6 N–H and O–H groups in total. The maximum Gasteiger partial charge on any atom is 0.330 e. The molecule has 2 aliphatic heterocycles. The predicted octanol–water partition coefficient (Wildman–Crippen LogP) is -0.871. The molecule has 2 fully saturated rings. The number of ether oxygens (including phenoxy) is 3. The van der Waals surface area contributed by atoms with Crippen LogP contribution in [0.5, 0.6) is 0 Å². The van der Waals surface area contributed by atoms with Gasteiger partial charge in [-0.3, -0.25) is 23.4 Å². The Morgan fingerprint density at radius 1 is 1.24 bits per heavy atom. The van der Waals surface area contributed by atoms with Crippen LogP contribution in [0.15, 0.2) is 40.4 Å². The zero-order chi connectivity index (χ0) is 30.0. The highest BCUT2D eigenvalue weighted by molar-refractivity contribution is 8.07. The number of H-pyrrole nitrogens is 1. The third-order valence-electron chi connectivity index (χ3n) is 6.78. The van der Waals surface area contributed by atoms with Gasteiger partial charge in [-0.25, -0.2) is 14.8 Å². The summed E-state index contributed by atoms with van der Waals surface area (Å²) in [5, 5.41) is 20.6. The second-order valence-electron chi connectivity index (χ2n) is 9.46. The van der Waals surface area contributed by atoms with Crippen LogP contribution >= 0.6 is 6.72 Å². The lowest BCUT2D eigenvalue weighted by Crippen LogP contribution is -2.40. The summed E-state index contributed by atoms with van der Waals surface area (Å²) < 4.78 is 31.6. The molecule has 2 saturated heterocycles. The molecule has 0 spiro atoms. The molecule has 2 aliphatic rings. The van der Waals surface area contributed by atoms with Gasteiger partial charge in [0, 0.05) is 24.9 Å². The molecule has 0 aliphatic carbocycles. The van der Waals surface area contributed by atoms with Gasteiger partial charge in [0.2, 0.25) is 0 Å². The molecule has 0 radical (unpaired) electrons. The molecule has 5 heterocycles. The first-order valence-electron chi connectivity index (χ1n) is 12.8. The monoisotopic (exact) mass is 624 g/mol. The highest BCUT2D eigenvalue weighted by Crippen LogP contribution is 2.50. The van der Waals surface area contributed by atoms with Crippen molar-refractivity contribution in [3.8, 4) is 11.8 Å². The molecule has 5 rings (SSSR count). The summed E-state index contributed by atoms with van der Waals surface area (Å²) >= 11 is 5.24. The number of hydrogen-bond acceptors (Lipinski definition) is 13. The van der Waals surface area contributed by atoms with Crippen LogP contribution < -0.4 is 17.0 Å². The Labute approximate surface area is 243 Å². The van der Waals surface area contributed by atoms with Crippen LogP contribution in [-0.4, -0.2) is 89.5 Å². The van der Waals surface area contributed by atoms with Crippen molar-refractivity contribution in [3.63, 3.8) is 0 Å². The van der Waals surface area contributed by atoms with Gasteiger partial charge in [0.05, 0.1) is 31.3 Å². The van der Waals surface area contributed by atoms with E-state index in [1.165, 1.54) is 18.7 Å². The minimum Gasteiger partial charge on any atom is -0.397 e. The largest absolute Gasteiger partial charge is 0.397 e. The first-order chi connectivity index (χ1) is 20.1. The fourth-order valence-electron chi connectivity index (χ4n) is 4.77. The van der Waals surface area contributed by atoms with E-state index in [0.717, 1.165) is 10.6 Å². The van der Waals surface area contributed by atoms with E-state index in [0.29, 0.717) is 16.9 Å². The molecule has 8 atom stereocenters. The van der Waals surface area contributed by atoms with Crippen molar-refractivity contribution in [2.75, 3.05) is 25.6 Å². The van der Waals surface area contributed by atoms with E-state index in [4.69, 9.17) is 40.8 Å². The van der Waals surface area contributed by atoms with E-state index in [9.17, 15) is 24.7 Å². The number of fused-ring (bicyclic) bond motifs is 1. The molecule has 3 aromatic rings. The lowest BCUT2D eigenvalue weighted by Gasteiger charge is -2.28. The van der Waals surface area contributed by atoms with Gasteiger partial charge in [0.1, 0.15) is 42.8 Å². The number of rotatable bonds is 10. The molecule has 0 saturated carbocycles. The van der Waals surface area contributed by atoms with Crippen LogP contribution in [0.3, 0.4) is 0 Å². The molecular weight excluding hydrogens is 595 g/mol. The van der Waals surface area contributed by atoms with Gasteiger partial charge in [-0.1, -0.05) is 5.92 Å². The first kappa shape index (κ1) is 30.4. The van der Waals surface area contributed by atoms with Crippen molar-refractivity contribution in [2.24, 2.45) is 0 Å². The maximum atomic E-state index is 12.5. The van der Waals surface area contributed by atoms with E-state index in [1.54, 1.807) is 17.6 Å². The second-order valence-corrected chi connectivity index (χ2v) is 12.2. The van der Waals surface area contributed by atoms with Gasteiger partial charge in [-0.15, -0.1) is 5.92 Å². The standard InChI is InChI=1S/C24H29N6O10PS/c1-2-3-8-36-21-20(15(10-31)39-23(21)29-7-5-17(33)28-24(29)34)40-41(35,42)37-11-16-14(32)9-18(38-16)30-12-27-19-13(25)4-6-26-22(19)30/h4-7,12,14-16,18,20-21,23,31-32H,8-11H2,1H3,(H2,25,26)(H,35,42)(H,28,33,34)/t14?,15-,16-,18-,20?,21+,23-,41?/m1/s1. The highest BCUT2D eigenvalue weighted by Gasteiger charge is 2.50. The topological polar surface area (TPSA) is 218 Å². The molecule has 0 aromatic carbocycles. The third kappa shape index (κ3) is 6.33. The van der Waals surface area contributed by atoms with E-state index in [2.05, 4.69) is 26.8 Å². The van der Waals surface area contributed by atoms with Gasteiger partial charge in [-0.2, -0.15) is 0 Å². The maximum absolute atomic E-state index is 12.5. The molecule has 226 valence electrons. The number of imidazole rings is 1. The van der Waals surface area contributed by atoms with Crippen molar-refractivity contribution >= 4 is 35.4 Å². The number of nitrogen functional groups attached to an aromatic ring is 1. The zero-order valence-electron chi connectivity index (χ0n) is 22.2. The first-order valence-corrected chi connectivity index (χ1v) is 15.4. The number of hydrogen-bond donors (Lipinski definition) is 5. The third-order valence-corrected chi connectivity index (χ3v) is 8.34. The Morgan fingerprint density at radius 2 is 2.05 bits per heavy atom. The zero-order valence-corrected chi connectivity index (χ0v) is 23.9. The Balaban J connectivity index is 1.29. The SMILES string of the molecule is CC#CCO[C@H]1C(OP(O)(=S)OC[C@H]2O[C@@H](n3cnc4c(N)ccnc43)CC2O)[C@@H](CO)O[C@H]1n1ccc(=O)[nH]c1=O. The lowest BCUT2D eigenvalue weighted by atomic mass is 10.1. The Bertz CT molecular complexity index is 1650. The smallest absolute Gasteiger partial charge is 0.330 e. The minimum atomic E-state index is -4.07. The summed E-state index contributed by atoms with van der Waals surface area (Å²) in [7, 11) is 0. The van der Waals surface area contributed by atoms with Crippen LogP contribution in [-0.2, 0) is 35.1 Å². The minimum absolute atomic E-state index is 0.0980. The summed E-state index contributed by atoms with van der Waals surface area (Å²) in [5.74, 6) is 5.39. The molecule has 16 nitrogen and oxygen atoms in total. The summed E-state index contributed by atoms with van der Waals surface area (Å²) in [6, 6.07) is 2.74. The van der Waals surface area contributed by atoms with E-state index >= 15 is 0 Å². The molecule has 3 unspecified atom stereocenters. The van der Waals surface area contributed by atoms with Crippen molar-refractivity contribution in [1.29, 1.82) is 0 Å². The summed E-state index contributed by atoms with van der Waals surface area (Å²) in [6.07, 6.45) is -2.65. The Hall–Kier alpha value is -3.01. The predicted molar refractivity (Wildman–Crippen MR) is 149 cm³/mol. The number of nitrogens with two attached hydrogens (primary N) is 1. The fourth-order valence-corrected chi connectivity index (χ4v) is 6.21. The summed E-state index contributed by atoms with van der Waals surface area (Å²) in [4.78, 5) is 45.7. The number of aliphatic hydroxyl groups excluding tert-OH is 2. The van der Waals surface area contributed by atoms with E-state index in [1.807, 2.05) is 0 Å². The number of aromatic amines is 1. The van der Waals surface area contributed by atoms with Gasteiger partial charge in [0.25, 0.3) is 5.56 Å². The van der Waals surface area contributed by atoms with Crippen LogP contribution in [0.25, 0.3) is 11.2 Å².